The van der Waals surface area contributed by atoms with Gasteiger partial charge >= 0.3 is 0 Å². The molecule has 0 radical (unpaired) electrons. The quantitative estimate of drug-likeness (QED) is 0.213. The Bertz CT molecular complexity index is 1350. The van der Waals surface area contributed by atoms with Gasteiger partial charge in [-0.1, -0.05) is 24.3 Å². The predicted octanol–water partition coefficient (Wildman–Crippen LogP) is 3.64. The Labute approximate surface area is 198 Å². The third-order valence-electron chi connectivity index (χ3n) is 5.79. The number of likely N-dealkylation sites (N-methyl/N-ethyl adjacent to an activating group) is 1. The second kappa shape index (κ2) is 10.2. The zero-order chi connectivity index (χ0) is 24.2. The lowest BCUT2D eigenvalue weighted by atomic mass is 9.98. The van der Waals surface area contributed by atoms with Gasteiger partial charge < -0.3 is 23.7 Å². The predicted molar refractivity (Wildman–Crippen MR) is 133 cm³/mol. The first kappa shape index (κ1) is 23.7. The van der Waals surface area contributed by atoms with Crippen molar-refractivity contribution in [3.63, 3.8) is 0 Å². The van der Waals surface area contributed by atoms with E-state index in [1.54, 1.807) is 33.3 Å². The van der Waals surface area contributed by atoms with Crippen molar-refractivity contribution in [3.05, 3.63) is 58.3 Å². The molecule has 178 valence electrons. The van der Waals surface area contributed by atoms with Crippen molar-refractivity contribution in [2.45, 2.75) is 6.92 Å². The summed E-state index contributed by atoms with van der Waals surface area (Å²) in [4.78, 5) is 34.6. The van der Waals surface area contributed by atoms with E-state index in [4.69, 9.17) is 18.9 Å². The van der Waals surface area contributed by atoms with Gasteiger partial charge in [0.25, 0.3) is 5.91 Å². The highest BCUT2D eigenvalue weighted by Crippen LogP contribution is 2.34. The molecular formula is C26H29N3O5. The van der Waals surface area contributed by atoms with Gasteiger partial charge in [0, 0.05) is 56.8 Å². The summed E-state index contributed by atoms with van der Waals surface area (Å²) in [6.07, 6.45) is 0. The van der Waals surface area contributed by atoms with Crippen LogP contribution in [0, 0.1) is 0 Å². The van der Waals surface area contributed by atoms with Crippen molar-refractivity contribution in [3.8, 4) is 11.5 Å². The van der Waals surface area contributed by atoms with E-state index in [0.29, 0.717) is 53.9 Å². The van der Waals surface area contributed by atoms with Crippen LogP contribution in [-0.4, -0.2) is 69.9 Å². The first-order chi connectivity index (χ1) is 16.5. The standard InChI is InChI=1S/C26H29N3O5/c1-5-29(12-13-33-15-14-32-4)17-10-11-20-21(16-17)34-25-22(26(31)28(2)3)24(30)19-9-7-6-8-18(19)23(25)27-20/h6-11,16H,5,12-15H2,1-4H3. The molecule has 0 atom stereocenters. The fourth-order valence-corrected chi connectivity index (χ4v) is 3.99. The van der Waals surface area contributed by atoms with Crippen LogP contribution in [0.25, 0.3) is 33.3 Å². The zero-order valence-corrected chi connectivity index (χ0v) is 20.0. The Hall–Kier alpha value is -3.49. The highest BCUT2D eigenvalue weighted by atomic mass is 16.5. The number of hydrogen-bond donors (Lipinski definition) is 0. The molecular weight excluding hydrogens is 434 g/mol. The molecule has 8 nitrogen and oxygen atoms in total. The van der Waals surface area contributed by atoms with Crippen molar-refractivity contribution in [1.82, 2.24) is 9.88 Å². The number of fused-ring (bicyclic) bond motifs is 4. The summed E-state index contributed by atoms with van der Waals surface area (Å²) < 4.78 is 16.9. The number of benzene rings is 3. The van der Waals surface area contributed by atoms with E-state index < -0.39 is 5.91 Å². The van der Waals surface area contributed by atoms with E-state index in [-0.39, 0.29) is 16.8 Å². The smallest absolute Gasteiger partial charge is 0.261 e. The van der Waals surface area contributed by atoms with Gasteiger partial charge in [-0.3, -0.25) is 9.59 Å². The maximum absolute atomic E-state index is 13.3. The summed E-state index contributed by atoms with van der Waals surface area (Å²) in [5.41, 5.74) is 2.24. The number of ether oxygens (including phenoxy) is 2. The summed E-state index contributed by atoms with van der Waals surface area (Å²) in [6, 6.07) is 12.9. The molecule has 1 aliphatic heterocycles. The molecule has 0 saturated carbocycles. The molecule has 2 aromatic carbocycles. The minimum Gasteiger partial charge on any atom is -0.452 e. The Morgan fingerprint density at radius 3 is 2.53 bits per heavy atom. The first-order valence-electron chi connectivity index (χ1n) is 11.3. The third-order valence-corrected chi connectivity index (χ3v) is 5.79. The van der Waals surface area contributed by atoms with Gasteiger partial charge in [-0.2, -0.15) is 0 Å². The normalized spacial score (nSPS) is 11.4. The van der Waals surface area contributed by atoms with Crippen molar-refractivity contribution in [1.29, 1.82) is 0 Å². The molecule has 4 rings (SSSR count). The number of anilines is 1. The molecule has 34 heavy (non-hydrogen) atoms. The van der Waals surface area contributed by atoms with E-state index in [9.17, 15) is 9.59 Å². The van der Waals surface area contributed by atoms with E-state index in [1.165, 1.54) is 4.90 Å². The fourth-order valence-electron chi connectivity index (χ4n) is 3.99. The van der Waals surface area contributed by atoms with Gasteiger partial charge in [-0.25, -0.2) is 4.98 Å². The third kappa shape index (κ3) is 4.47. The van der Waals surface area contributed by atoms with Crippen LogP contribution in [0.2, 0.25) is 0 Å². The number of carbonyl (C=O) groups is 1. The average molecular weight is 464 g/mol. The van der Waals surface area contributed by atoms with Crippen LogP contribution in [0.15, 0.2) is 51.7 Å². The molecule has 0 saturated heterocycles. The van der Waals surface area contributed by atoms with Crippen LogP contribution in [0.4, 0.5) is 5.69 Å². The monoisotopic (exact) mass is 463 g/mol. The molecule has 1 amide bonds. The van der Waals surface area contributed by atoms with Crippen LogP contribution >= 0.6 is 0 Å². The van der Waals surface area contributed by atoms with Crippen LogP contribution < -0.4 is 10.3 Å². The molecule has 0 N–H and O–H groups in total. The van der Waals surface area contributed by atoms with Crippen LogP contribution in [-0.2, 0) is 9.47 Å². The molecule has 0 bridgehead atoms. The summed E-state index contributed by atoms with van der Waals surface area (Å²) in [6.45, 7) is 5.22. The first-order valence-corrected chi connectivity index (χ1v) is 11.3. The van der Waals surface area contributed by atoms with Crippen LogP contribution in [0.1, 0.15) is 17.3 Å². The second-order valence-corrected chi connectivity index (χ2v) is 8.18. The van der Waals surface area contributed by atoms with Gasteiger partial charge in [0.1, 0.15) is 16.8 Å². The summed E-state index contributed by atoms with van der Waals surface area (Å²) in [5.74, 6) is -0.205. The number of carbonyl (C=O) groups excluding carboxylic acids is 1. The number of rotatable bonds is 9. The Morgan fingerprint density at radius 2 is 1.82 bits per heavy atom. The lowest BCUT2D eigenvalue weighted by Gasteiger charge is -2.23. The number of nitrogens with zero attached hydrogens (tertiary/aromatic N) is 3. The maximum Gasteiger partial charge on any atom is 0.261 e. The molecule has 8 heteroatoms. The molecule has 0 aromatic heterocycles. The number of methoxy groups -OCH3 is 1. The lowest BCUT2D eigenvalue weighted by molar-refractivity contribution is 0.0741. The van der Waals surface area contributed by atoms with Gasteiger partial charge in [0.05, 0.1) is 19.8 Å². The Morgan fingerprint density at radius 1 is 1.06 bits per heavy atom. The maximum atomic E-state index is 13.3. The van der Waals surface area contributed by atoms with Gasteiger partial charge in [0.2, 0.25) is 5.43 Å². The molecule has 1 aliphatic carbocycles. The minimum atomic E-state index is -0.412. The SMILES string of the molecule is CCN(CCOCCOC)c1ccc2nc3c4ccccc4c(=O)c(C(=O)N(C)C)c-3oc2c1. The van der Waals surface area contributed by atoms with E-state index in [2.05, 4.69) is 11.8 Å². The molecule has 0 unspecified atom stereocenters. The van der Waals surface area contributed by atoms with Gasteiger partial charge in [-0.05, 0) is 19.1 Å². The van der Waals surface area contributed by atoms with Crippen LogP contribution in [0.5, 0.6) is 0 Å². The molecule has 2 aliphatic rings. The topological polar surface area (TPSA) is 85.1 Å². The number of aromatic nitrogens is 1. The van der Waals surface area contributed by atoms with Crippen LogP contribution in [0.3, 0.4) is 0 Å². The lowest BCUT2D eigenvalue weighted by Crippen LogP contribution is -2.29. The molecule has 2 aromatic rings. The van der Waals surface area contributed by atoms with Gasteiger partial charge in [0.15, 0.2) is 11.3 Å². The summed E-state index contributed by atoms with van der Waals surface area (Å²) >= 11 is 0. The number of hydrogen-bond acceptors (Lipinski definition) is 7. The molecule has 1 heterocycles. The van der Waals surface area contributed by atoms with Crippen molar-refractivity contribution < 1.29 is 18.7 Å². The zero-order valence-electron chi connectivity index (χ0n) is 20.0. The van der Waals surface area contributed by atoms with Crippen molar-refractivity contribution in [2.75, 3.05) is 59.0 Å². The van der Waals surface area contributed by atoms with Gasteiger partial charge in [-0.15, -0.1) is 0 Å². The largest absolute Gasteiger partial charge is 0.452 e. The highest BCUT2D eigenvalue weighted by molar-refractivity contribution is 6.08. The molecule has 0 spiro atoms. The summed E-state index contributed by atoms with van der Waals surface area (Å²) in [5, 5.41) is 1.11. The number of amides is 1. The minimum absolute atomic E-state index is 0.00241. The van der Waals surface area contributed by atoms with E-state index in [0.717, 1.165) is 12.2 Å². The van der Waals surface area contributed by atoms with E-state index in [1.807, 2.05) is 30.3 Å². The van der Waals surface area contributed by atoms with E-state index >= 15 is 0 Å². The fraction of sp³-hybridized carbons (Fsp3) is 0.346. The molecule has 0 fully saturated rings. The van der Waals surface area contributed by atoms with Crippen molar-refractivity contribution >= 4 is 33.5 Å². The Kier molecular flexibility index (Phi) is 7.09. The van der Waals surface area contributed by atoms with Crippen molar-refractivity contribution in [2.24, 2.45) is 0 Å². The Balaban J connectivity index is 1.83. The highest BCUT2D eigenvalue weighted by Gasteiger charge is 2.27. The second-order valence-electron chi connectivity index (χ2n) is 8.18. The average Bonchev–Trinajstić information content (AvgIpc) is 2.85. The summed E-state index contributed by atoms with van der Waals surface area (Å²) in [7, 11) is 4.88.